The van der Waals surface area contributed by atoms with E-state index in [0.29, 0.717) is 21.9 Å². The molecule has 0 amide bonds. The second kappa shape index (κ2) is 8.00. The van der Waals surface area contributed by atoms with Crippen molar-refractivity contribution in [2.24, 2.45) is 0 Å². The standard InChI is InChI=1S/C21H20N4O3S/c1-13-6-4-5-7-18(13)25-19-17(11-22-25)20(26)24-21(23-19)29-12-14-8-15(27-2)10-16(9-14)28-3/h4-11H,12H2,1-3H3,(H,23,24,26). The van der Waals surface area contributed by atoms with Crippen LogP contribution in [0.2, 0.25) is 0 Å². The Bertz CT molecular complexity index is 1210. The molecule has 0 bridgehead atoms. The number of fused-ring (bicyclic) bond motifs is 1. The number of hydrogen-bond acceptors (Lipinski definition) is 6. The molecule has 0 saturated carbocycles. The maximum absolute atomic E-state index is 12.5. The third-order valence-electron chi connectivity index (χ3n) is 4.55. The van der Waals surface area contributed by atoms with Gasteiger partial charge in [0.1, 0.15) is 16.9 Å². The highest BCUT2D eigenvalue weighted by molar-refractivity contribution is 7.98. The number of methoxy groups -OCH3 is 2. The lowest BCUT2D eigenvalue weighted by Crippen LogP contribution is -2.10. The van der Waals surface area contributed by atoms with Gasteiger partial charge in [0.05, 0.1) is 26.1 Å². The largest absolute Gasteiger partial charge is 0.497 e. The number of aromatic amines is 1. The van der Waals surface area contributed by atoms with Crippen molar-refractivity contribution in [2.45, 2.75) is 17.8 Å². The summed E-state index contributed by atoms with van der Waals surface area (Å²) >= 11 is 1.43. The number of H-pyrrole nitrogens is 1. The SMILES string of the molecule is COc1cc(CSc2nc3c(cnn3-c3ccccc3C)c(=O)[nH]2)cc(OC)c1. The van der Waals surface area contributed by atoms with Gasteiger partial charge in [-0.3, -0.25) is 4.79 Å². The smallest absolute Gasteiger partial charge is 0.262 e. The topological polar surface area (TPSA) is 82.0 Å². The zero-order valence-electron chi connectivity index (χ0n) is 16.3. The number of nitrogens with zero attached hydrogens (tertiary/aromatic N) is 3. The highest BCUT2D eigenvalue weighted by Crippen LogP contribution is 2.27. The molecule has 1 N–H and O–H groups in total. The summed E-state index contributed by atoms with van der Waals surface area (Å²) in [6.45, 7) is 2.00. The molecule has 7 nitrogen and oxygen atoms in total. The molecule has 4 rings (SSSR count). The highest BCUT2D eigenvalue weighted by atomic mass is 32.2. The van der Waals surface area contributed by atoms with E-state index >= 15 is 0 Å². The van der Waals surface area contributed by atoms with Gasteiger partial charge in [-0.15, -0.1) is 0 Å². The minimum Gasteiger partial charge on any atom is -0.497 e. The second-order valence-electron chi connectivity index (χ2n) is 6.46. The van der Waals surface area contributed by atoms with E-state index in [2.05, 4.69) is 15.1 Å². The number of aromatic nitrogens is 4. The minimum absolute atomic E-state index is 0.208. The van der Waals surface area contributed by atoms with Crippen molar-refractivity contribution in [1.82, 2.24) is 19.7 Å². The number of ether oxygens (including phenoxy) is 2. The number of para-hydroxylation sites is 1. The molecule has 0 saturated heterocycles. The lowest BCUT2D eigenvalue weighted by atomic mass is 10.2. The highest BCUT2D eigenvalue weighted by Gasteiger charge is 2.13. The Labute approximate surface area is 171 Å². The summed E-state index contributed by atoms with van der Waals surface area (Å²) in [6.07, 6.45) is 1.55. The fraction of sp³-hybridized carbons (Fsp3) is 0.190. The molecule has 0 unspecified atom stereocenters. The third kappa shape index (κ3) is 3.84. The van der Waals surface area contributed by atoms with Crippen LogP contribution in [0.5, 0.6) is 11.5 Å². The van der Waals surface area contributed by atoms with E-state index in [9.17, 15) is 4.79 Å². The summed E-state index contributed by atoms with van der Waals surface area (Å²) in [6, 6.07) is 13.6. The van der Waals surface area contributed by atoms with E-state index < -0.39 is 0 Å². The number of benzene rings is 2. The van der Waals surface area contributed by atoms with Gasteiger partial charge < -0.3 is 14.5 Å². The molecule has 0 aliphatic carbocycles. The first-order chi connectivity index (χ1) is 14.1. The molecule has 2 aromatic heterocycles. The number of hydrogen-bond donors (Lipinski definition) is 1. The summed E-state index contributed by atoms with van der Waals surface area (Å²) in [5.74, 6) is 2.03. The summed E-state index contributed by atoms with van der Waals surface area (Å²) in [5.41, 5.74) is 3.28. The predicted molar refractivity (Wildman–Crippen MR) is 113 cm³/mol. The molecule has 0 fully saturated rings. The second-order valence-corrected chi connectivity index (χ2v) is 7.42. The van der Waals surface area contributed by atoms with Crippen LogP contribution in [0.25, 0.3) is 16.7 Å². The molecule has 0 aliphatic heterocycles. The van der Waals surface area contributed by atoms with E-state index in [-0.39, 0.29) is 5.56 Å². The Kier molecular flexibility index (Phi) is 5.26. The van der Waals surface area contributed by atoms with Crippen LogP contribution < -0.4 is 15.0 Å². The summed E-state index contributed by atoms with van der Waals surface area (Å²) < 4.78 is 12.3. The maximum Gasteiger partial charge on any atom is 0.262 e. The van der Waals surface area contributed by atoms with Crippen LogP contribution in [0.3, 0.4) is 0 Å². The van der Waals surface area contributed by atoms with Gasteiger partial charge in [0.25, 0.3) is 5.56 Å². The van der Waals surface area contributed by atoms with Crippen molar-refractivity contribution in [3.63, 3.8) is 0 Å². The molecule has 2 aromatic carbocycles. The summed E-state index contributed by atoms with van der Waals surface area (Å²) in [4.78, 5) is 20.0. The van der Waals surface area contributed by atoms with Crippen LogP contribution in [0.15, 0.2) is 58.6 Å². The molecule has 4 aromatic rings. The molecule has 2 heterocycles. The van der Waals surface area contributed by atoms with Crippen molar-refractivity contribution in [2.75, 3.05) is 14.2 Å². The van der Waals surface area contributed by atoms with Crippen LogP contribution in [-0.4, -0.2) is 34.0 Å². The van der Waals surface area contributed by atoms with E-state index in [0.717, 1.165) is 28.3 Å². The van der Waals surface area contributed by atoms with Gasteiger partial charge in [-0.25, -0.2) is 9.67 Å². The van der Waals surface area contributed by atoms with Gasteiger partial charge in [0, 0.05) is 11.8 Å². The predicted octanol–water partition coefficient (Wildman–Crippen LogP) is 3.73. The van der Waals surface area contributed by atoms with Crippen molar-refractivity contribution in [1.29, 1.82) is 0 Å². The van der Waals surface area contributed by atoms with E-state index in [4.69, 9.17) is 9.47 Å². The summed E-state index contributed by atoms with van der Waals surface area (Å²) in [7, 11) is 3.23. The molecule has 29 heavy (non-hydrogen) atoms. The first kappa shape index (κ1) is 19.1. The average Bonchev–Trinajstić information content (AvgIpc) is 3.16. The minimum atomic E-state index is -0.208. The molecular weight excluding hydrogens is 388 g/mol. The van der Waals surface area contributed by atoms with Gasteiger partial charge in [0.15, 0.2) is 10.8 Å². The lowest BCUT2D eigenvalue weighted by molar-refractivity contribution is 0.393. The van der Waals surface area contributed by atoms with Crippen LogP contribution >= 0.6 is 11.8 Å². The van der Waals surface area contributed by atoms with Gasteiger partial charge in [0.2, 0.25) is 0 Å². The number of rotatable bonds is 6. The van der Waals surface area contributed by atoms with Crippen molar-refractivity contribution >= 4 is 22.8 Å². The van der Waals surface area contributed by atoms with Gasteiger partial charge >= 0.3 is 0 Å². The fourth-order valence-corrected chi connectivity index (χ4v) is 3.83. The van der Waals surface area contributed by atoms with Gasteiger partial charge in [-0.05, 0) is 36.2 Å². The third-order valence-corrected chi connectivity index (χ3v) is 5.49. The van der Waals surface area contributed by atoms with Gasteiger partial charge in [-0.2, -0.15) is 5.10 Å². The first-order valence-electron chi connectivity index (χ1n) is 8.98. The Balaban J connectivity index is 1.68. The van der Waals surface area contributed by atoms with Crippen LogP contribution in [0.4, 0.5) is 0 Å². The Morgan fingerprint density at radius 1 is 1.10 bits per heavy atom. The van der Waals surface area contributed by atoms with Crippen molar-refractivity contribution in [3.05, 3.63) is 70.1 Å². The number of aryl methyl sites for hydroxylation is 1. The number of nitrogens with one attached hydrogen (secondary N) is 1. The summed E-state index contributed by atoms with van der Waals surface area (Å²) in [5, 5.41) is 5.37. The fourth-order valence-electron chi connectivity index (χ4n) is 3.05. The molecule has 0 spiro atoms. The molecule has 0 atom stereocenters. The quantitative estimate of drug-likeness (QED) is 0.387. The molecule has 0 radical (unpaired) electrons. The van der Waals surface area contributed by atoms with Crippen LogP contribution in [0.1, 0.15) is 11.1 Å². The zero-order chi connectivity index (χ0) is 20.4. The Morgan fingerprint density at radius 2 is 1.83 bits per heavy atom. The van der Waals surface area contributed by atoms with Crippen molar-refractivity contribution < 1.29 is 9.47 Å². The lowest BCUT2D eigenvalue weighted by Gasteiger charge is -2.09. The monoisotopic (exact) mass is 408 g/mol. The molecular formula is C21H20N4O3S. The van der Waals surface area contributed by atoms with Crippen LogP contribution in [-0.2, 0) is 5.75 Å². The van der Waals surface area contributed by atoms with E-state index in [1.807, 2.05) is 49.4 Å². The normalized spacial score (nSPS) is 11.0. The van der Waals surface area contributed by atoms with Gasteiger partial charge in [-0.1, -0.05) is 30.0 Å². The first-order valence-corrected chi connectivity index (χ1v) is 9.96. The van der Waals surface area contributed by atoms with E-state index in [1.54, 1.807) is 25.1 Å². The maximum atomic E-state index is 12.5. The van der Waals surface area contributed by atoms with Crippen LogP contribution in [0, 0.1) is 6.92 Å². The Hall–Kier alpha value is -3.26. The average molecular weight is 408 g/mol. The molecule has 0 aliphatic rings. The van der Waals surface area contributed by atoms with E-state index in [1.165, 1.54) is 11.8 Å². The van der Waals surface area contributed by atoms with Crippen molar-refractivity contribution in [3.8, 4) is 17.2 Å². The number of thioether (sulfide) groups is 1. The molecule has 148 valence electrons. The Morgan fingerprint density at radius 3 is 2.52 bits per heavy atom. The zero-order valence-corrected chi connectivity index (χ0v) is 17.1. The molecule has 8 heteroatoms.